The topological polar surface area (TPSA) is 105 Å². The zero-order chi connectivity index (χ0) is 23.1. The summed E-state index contributed by atoms with van der Waals surface area (Å²) in [6.07, 6.45) is 1.66. The van der Waals surface area contributed by atoms with Gasteiger partial charge in [0.2, 0.25) is 5.91 Å². The van der Waals surface area contributed by atoms with E-state index >= 15 is 0 Å². The van der Waals surface area contributed by atoms with E-state index in [2.05, 4.69) is 5.32 Å². The maximum absolute atomic E-state index is 12.8. The van der Waals surface area contributed by atoms with Crippen LogP contribution in [0.1, 0.15) is 32.8 Å². The number of thiocarbonyl (C=S) groups is 1. The van der Waals surface area contributed by atoms with Crippen LogP contribution >= 0.6 is 24.0 Å². The molecule has 31 heavy (non-hydrogen) atoms. The van der Waals surface area contributed by atoms with Gasteiger partial charge >= 0.3 is 5.97 Å². The Morgan fingerprint density at radius 2 is 2.03 bits per heavy atom. The van der Waals surface area contributed by atoms with Gasteiger partial charge in [0.15, 0.2) is 11.5 Å². The number of amides is 2. The van der Waals surface area contributed by atoms with Crippen molar-refractivity contribution in [3.05, 3.63) is 28.7 Å². The van der Waals surface area contributed by atoms with Crippen molar-refractivity contribution in [2.24, 2.45) is 5.92 Å². The van der Waals surface area contributed by atoms with Crippen molar-refractivity contribution >= 4 is 52.2 Å². The Morgan fingerprint density at radius 3 is 2.61 bits per heavy atom. The molecule has 2 amide bonds. The molecule has 168 valence electrons. The fraction of sp³-hybridized carbons (Fsp3) is 0.429. The molecule has 1 atom stereocenters. The second-order valence-corrected chi connectivity index (χ2v) is 8.73. The summed E-state index contributed by atoms with van der Waals surface area (Å²) < 4.78 is 11.2. The maximum atomic E-state index is 12.8. The SMILES string of the molecule is CCOc1ccc(/C=C2/SC(=S)N(CCC(=O)N[C@@H](C(=O)O)C(C)C)C2=O)cc1OC. The highest BCUT2D eigenvalue weighted by Gasteiger charge is 2.32. The van der Waals surface area contributed by atoms with Gasteiger partial charge < -0.3 is 19.9 Å². The van der Waals surface area contributed by atoms with Gasteiger partial charge in [-0.25, -0.2) is 4.79 Å². The number of carboxylic acids is 1. The summed E-state index contributed by atoms with van der Waals surface area (Å²) in [5.74, 6) is -0.929. The molecule has 1 aromatic rings. The van der Waals surface area contributed by atoms with Gasteiger partial charge in [-0.1, -0.05) is 43.9 Å². The van der Waals surface area contributed by atoms with Crippen LogP contribution in [0.25, 0.3) is 6.08 Å². The van der Waals surface area contributed by atoms with Crippen LogP contribution in [0.4, 0.5) is 0 Å². The summed E-state index contributed by atoms with van der Waals surface area (Å²) in [4.78, 5) is 37.9. The van der Waals surface area contributed by atoms with Gasteiger partial charge in [-0.15, -0.1) is 0 Å². The highest BCUT2D eigenvalue weighted by molar-refractivity contribution is 8.26. The van der Waals surface area contributed by atoms with E-state index in [4.69, 9.17) is 21.7 Å². The first kappa shape index (κ1) is 24.7. The van der Waals surface area contributed by atoms with Crippen LogP contribution in [0.5, 0.6) is 11.5 Å². The summed E-state index contributed by atoms with van der Waals surface area (Å²) >= 11 is 6.45. The standard InChI is InChI=1S/C21H26N2O6S2/c1-5-29-14-7-6-13(10-15(14)28-4)11-16-19(25)23(21(30)31-16)9-8-17(24)22-18(12(2)3)20(26)27/h6-7,10-12,18H,5,8-9H2,1-4H3,(H,22,24)(H,26,27)/b16-11+/t18-/m1/s1. The van der Waals surface area contributed by atoms with Crippen LogP contribution in [0.15, 0.2) is 23.1 Å². The number of carbonyl (C=O) groups excluding carboxylic acids is 2. The Balaban J connectivity index is 2.05. The van der Waals surface area contributed by atoms with E-state index in [9.17, 15) is 19.5 Å². The Labute approximate surface area is 191 Å². The first-order valence-corrected chi connectivity index (χ1v) is 11.0. The largest absolute Gasteiger partial charge is 0.493 e. The number of thioether (sulfide) groups is 1. The molecule has 0 radical (unpaired) electrons. The van der Waals surface area contributed by atoms with Gasteiger partial charge in [-0.2, -0.15) is 0 Å². The molecule has 0 saturated carbocycles. The number of nitrogens with zero attached hydrogens (tertiary/aromatic N) is 1. The smallest absolute Gasteiger partial charge is 0.326 e. The lowest BCUT2D eigenvalue weighted by atomic mass is 10.0. The number of ether oxygens (including phenoxy) is 2. The zero-order valence-electron chi connectivity index (χ0n) is 17.8. The average Bonchev–Trinajstić information content (AvgIpc) is 2.97. The van der Waals surface area contributed by atoms with Crippen molar-refractivity contribution in [3.63, 3.8) is 0 Å². The van der Waals surface area contributed by atoms with Crippen LogP contribution in [0.2, 0.25) is 0 Å². The normalized spacial score (nSPS) is 16.0. The van der Waals surface area contributed by atoms with Crippen LogP contribution in [-0.4, -0.2) is 58.4 Å². The molecule has 0 aromatic heterocycles. The van der Waals surface area contributed by atoms with E-state index in [0.29, 0.717) is 27.3 Å². The van der Waals surface area contributed by atoms with Gasteiger partial charge in [0.25, 0.3) is 5.91 Å². The van der Waals surface area contributed by atoms with E-state index in [1.807, 2.05) is 13.0 Å². The molecule has 1 heterocycles. The summed E-state index contributed by atoms with van der Waals surface area (Å²) in [7, 11) is 1.54. The van der Waals surface area contributed by atoms with Crippen LogP contribution in [0.3, 0.4) is 0 Å². The highest BCUT2D eigenvalue weighted by Crippen LogP contribution is 2.34. The molecule has 1 aromatic carbocycles. The van der Waals surface area contributed by atoms with Crippen LogP contribution in [0, 0.1) is 5.92 Å². The van der Waals surface area contributed by atoms with Gasteiger partial charge in [0, 0.05) is 13.0 Å². The van der Waals surface area contributed by atoms with Crippen LogP contribution in [-0.2, 0) is 14.4 Å². The van der Waals surface area contributed by atoms with E-state index in [0.717, 1.165) is 17.3 Å². The number of methoxy groups -OCH3 is 1. The molecule has 10 heteroatoms. The molecular formula is C21H26N2O6S2. The molecule has 0 spiro atoms. The van der Waals surface area contributed by atoms with E-state index in [1.165, 1.54) is 4.90 Å². The number of benzene rings is 1. The van der Waals surface area contributed by atoms with Gasteiger partial charge in [0.05, 0.1) is 18.6 Å². The number of hydrogen-bond donors (Lipinski definition) is 2. The molecule has 0 unspecified atom stereocenters. The molecule has 2 N–H and O–H groups in total. The number of nitrogens with one attached hydrogen (secondary N) is 1. The second-order valence-electron chi connectivity index (χ2n) is 7.05. The summed E-state index contributed by atoms with van der Waals surface area (Å²) in [6.45, 7) is 5.88. The number of carboxylic acid groups (broad SMARTS) is 1. The number of rotatable bonds is 10. The third kappa shape index (κ3) is 6.44. The summed E-state index contributed by atoms with van der Waals surface area (Å²) in [6, 6.07) is 4.37. The molecule has 1 aliphatic rings. The number of carbonyl (C=O) groups is 3. The summed E-state index contributed by atoms with van der Waals surface area (Å²) in [5.41, 5.74) is 0.750. The Bertz CT molecular complexity index is 900. The third-order valence-electron chi connectivity index (χ3n) is 4.47. The quantitative estimate of drug-likeness (QED) is 0.401. The molecule has 8 nitrogen and oxygen atoms in total. The molecular weight excluding hydrogens is 440 g/mol. The van der Waals surface area contributed by atoms with E-state index < -0.39 is 17.9 Å². The van der Waals surface area contributed by atoms with Crippen LogP contribution < -0.4 is 14.8 Å². The summed E-state index contributed by atoms with van der Waals surface area (Å²) in [5, 5.41) is 11.7. The minimum absolute atomic E-state index is 0.0485. The molecule has 0 bridgehead atoms. The minimum Gasteiger partial charge on any atom is -0.493 e. The van der Waals surface area contributed by atoms with Gasteiger partial charge in [-0.3, -0.25) is 14.5 Å². The fourth-order valence-electron chi connectivity index (χ4n) is 2.87. The number of hydrogen-bond acceptors (Lipinski definition) is 7. The van der Waals surface area contributed by atoms with E-state index in [-0.39, 0.29) is 24.8 Å². The predicted octanol–water partition coefficient (Wildman–Crippen LogP) is 2.91. The minimum atomic E-state index is -1.09. The van der Waals surface area contributed by atoms with Crippen molar-refractivity contribution in [1.29, 1.82) is 0 Å². The third-order valence-corrected chi connectivity index (χ3v) is 5.85. The lowest BCUT2D eigenvalue weighted by Crippen LogP contribution is -2.45. The van der Waals surface area contributed by atoms with Crippen molar-refractivity contribution in [3.8, 4) is 11.5 Å². The lowest BCUT2D eigenvalue weighted by molar-refractivity contribution is -0.143. The number of aliphatic carboxylic acids is 1. The van der Waals surface area contributed by atoms with Crippen molar-refractivity contribution in [2.75, 3.05) is 20.3 Å². The van der Waals surface area contributed by atoms with Crippen molar-refractivity contribution < 1.29 is 29.0 Å². The fourth-order valence-corrected chi connectivity index (χ4v) is 4.17. The van der Waals surface area contributed by atoms with Crippen molar-refractivity contribution in [1.82, 2.24) is 10.2 Å². The van der Waals surface area contributed by atoms with Gasteiger partial charge in [0.1, 0.15) is 10.4 Å². The first-order chi connectivity index (χ1) is 14.7. The Hall–Kier alpha value is -2.59. The van der Waals surface area contributed by atoms with E-state index in [1.54, 1.807) is 39.2 Å². The Morgan fingerprint density at radius 1 is 1.32 bits per heavy atom. The Kier molecular flexibility index (Phi) is 8.88. The second kappa shape index (κ2) is 11.1. The average molecular weight is 467 g/mol. The predicted molar refractivity (Wildman–Crippen MR) is 123 cm³/mol. The maximum Gasteiger partial charge on any atom is 0.326 e. The van der Waals surface area contributed by atoms with Gasteiger partial charge in [-0.05, 0) is 36.6 Å². The highest BCUT2D eigenvalue weighted by atomic mass is 32.2. The first-order valence-electron chi connectivity index (χ1n) is 9.76. The molecule has 2 rings (SSSR count). The molecule has 1 saturated heterocycles. The zero-order valence-corrected chi connectivity index (χ0v) is 19.5. The van der Waals surface area contributed by atoms with Crippen molar-refractivity contribution in [2.45, 2.75) is 33.2 Å². The molecule has 1 aliphatic heterocycles. The monoisotopic (exact) mass is 466 g/mol. The molecule has 1 fully saturated rings. The lowest BCUT2D eigenvalue weighted by Gasteiger charge is -2.19. The molecule has 0 aliphatic carbocycles.